The minimum absolute atomic E-state index is 0.0390. The average Bonchev–Trinajstić information content (AvgIpc) is 3.14. The summed E-state index contributed by atoms with van der Waals surface area (Å²) in [7, 11) is -3.94. The number of hydrogen-bond donors (Lipinski definition) is 1. The molecule has 7 nitrogen and oxygen atoms in total. The third-order valence-electron chi connectivity index (χ3n) is 5.63. The molecule has 0 saturated carbocycles. The number of aryl methyl sites for hydroxylation is 1. The van der Waals surface area contributed by atoms with E-state index in [1.807, 2.05) is 13.8 Å². The largest absolute Gasteiger partial charge is 0.355 e. The van der Waals surface area contributed by atoms with Gasteiger partial charge in [0, 0.05) is 36.7 Å². The quantitative estimate of drug-likeness (QED) is 0.670. The lowest BCUT2D eigenvalue weighted by Crippen LogP contribution is -2.44. The van der Waals surface area contributed by atoms with Gasteiger partial charge >= 0.3 is 0 Å². The van der Waals surface area contributed by atoms with Gasteiger partial charge in [-0.3, -0.25) is 4.79 Å². The smallest absolute Gasteiger partial charge is 0.248 e. The lowest BCUT2D eigenvalue weighted by molar-refractivity contribution is -0.126. The Hall–Kier alpha value is -2.59. The van der Waals surface area contributed by atoms with Crippen molar-refractivity contribution in [2.75, 3.05) is 13.1 Å². The van der Waals surface area contributed by atoms with Crippen molar-refractivity contribution in [3.63, 3.8) is 0 Å². The van der Waals surface area contributed by atoms with E-state index in [4.69, 9.17) is 4.52 Å². The number of rotatable bonds is 7. The number of sulfonamides is 1. The second kappa shape index (κ2) is 9.91. The van der Waals surface area contributed by atoms with Gasteiger partial charge < -0.3 is 9.84 Å². The summed E-state index contributed by atoms with van der Waals surface area (Å²) in [5.74, 6) is -1.82. The Bertz CT molecular complexity index is 1110. The minimum Gasteiger partial charge on any atom is -0.355 e. The molecule has 0 spiro atoms. The van der Waals surface area contributed by atoms with Crippen molar-refractivity contribution in [2.24, 2.45) is 5.92 Å². The van der Waals surface area contributed by atoms with E-state index in [-0.39, 0.29) is 52.9 Å². The Morgan fingerprint density at radius 1 is 1.31 bits per heavy atom. The van der Waals surface area contributed by atoms with E-state index >= 15 is 0 Å². The monoisotopic (exact) mass is 467 g/mol. The van der Waals surface area contributed by atoms with E-state index in [2.05, 4.69) is 10.5 Å². The van der Waals surface area contributed by atoms with Crippen LogP contribution in [-0.2, 0) is 14.8 Å². The fraction of sp³-hybridized carbons (Fsp3) is 0.455. The van der Waals surface area contributed by atoms with Crippen LogP contribution in [0.15, 0.2) is 27.6 Å². The van der Waals surface area contributed by atoms with Crippen LogP contribution in [0.5, 0.6) is 0 Å². The lowest BCUT2D eigenvalue weighted by Gasteiger charge is -2.31. The van der Waals surface area contributed by atoms with Crippen LogP contribution >= 0.6 is 0 Å². The molecule has 1 fully saturated rings. The van der Waals surface area contributed by atoms with Gasteiger partial charge in [0.05, 0.1) is 0 Å². The van der Waals surface area contributed by atoms with Crippen LogP contribution < -0.4 is 5.32 Å². The standard InChI is InChI=1S/C22H27F2N3O4S/c1-4-14(2)25-22(28)17-9-11-27(12-10-17)32(29,30)21-15(3)26-31-20(21)8-6-16-5-7-18(23)13-19(16)24/h5-8,13-14,17H,4,9-12H2,1-3H3,(H,25,28)/b8-6+. The topological polar surface area (TPSA) is 92.5 Å². The van der Waals surface area contributed by atoms with Crippen molar-refractivity contribution < 1.29 is 26.5 Å². The zero-order valence-corrected chi connectivity index (χ0v) is 19.1. The van der Waals surface area contributed by atoms with Crippen molar-refractivity contribution in [3.8, 4) is 0 Å². The van der Waals surface area contributed by atoms with Crippen molar-refractivity contribution >= 4 is 28.1 Å². The van der Waals surface area contributed by atoms with Crippen LogP contribution in [0.2, 0.25) is 0 Å². The zero-order valence-electron chi connectivity index (χ0n) is 18.3. The average molecular weight is 468 g/mol. The molecule has 2 heterocycles. The number of amides is 1. The summed E-state index contributed by atoms with van der Waals surface area (Å²) in [5, 5.41) is 6.71. The molecule has 1 atom stereocenters. The molecule has 32 heavy (non-hydrogen) atoms. The van der Waals surface area contributed by atoms with Crippen LogP contribution in [0.1, 0.15) is 50.1 Å². The highest BCUT2D eigenvalue weighted by molar-refractivity contribution is 7.89. The fourth-order valence-corrected chi connectivity index (χ4v) is 5.27. The number of carbonyl (C=O) groups is 1. The number of nitrogens with zero attached hydrogens (tertiary/aromatic N) is 2. The molecule has 1 aromatic heterocycles. The number of halogens is 2. The summed E-state index contributed by atoms with van der Waals surface area (Å²) in [4.78, 5) is 12.3. The number of carbonyl (C=O) groups excluding carboxylic acids is 1. The van der Waals surface area contributed by atoms with E-state index in [0.717, 1.165) is 18.6 Å². The van der Waals surface area contributed by atoms with Gasteiger partial charge in [0.1, 0.15) is 17.3 Å². The number of aromatic nitrogens is 1. The normalized spacial score (nSPS) is 17.0. The predicted octanol–water partition coefficient (Wildman–Crippen LogP) is 3.75. The minimum atomic E-state index is -3.94. The molecule has 1 amide bonds. The summed E-state index contributed by atoms with van der Waals surface area (Å²) >= 11 is 0. The molecule has 1 unspecified atom stereocenters. The summed E-state index contributed by atoms with van der Waals surface area (Å²) < 4.78 is 60.0. The molecular formula is C22H27F2N3O4S. The first-order valence-corrected chi connectivity index (χ1v) is 12.0. The Morgan fingerprint density at radius 3 is 2.62 bits per heavy atom. The zero-order chi connectivity index (χ0) is 23.5. The van der Waals surface area contributed by atoms with Crippen molar-refractivity contribution in [2.45, 2.75) is 51.0 Å². The number of hydrogen-bond acceptors (Lipinski definition) is 5. The molecule has 2 aromatic rings. The SMILES string of the molecule is CCC(C)NC(=O)C1CCN(S(=O)(=O)c2c(C)noc2/C=C/c2ccc(F)cc2F)CC1. The fourth-order valence-electron chi connectivity index (χ4n) is 3.55. The van der Waals surface area contributed by atoms with Crippen molar-refractivity contribution in [1.82, 2.24) is 14.8 Å². The predicted molar refractivity (Wildman–Crippen MR) is 116 cm³/mol. The van der Waals surface area contributed by atoms with Gasteiger partial charge in [0.2, 0.25) is 15.9 Å². The van der Waals surface area contributed by atoms with Gasteiger partial charge in [0.15, 0.2) is 10.7 Å². The molecule has 0 radical (unpaired) electrons. The van der Waals surface area contributed by atoms with E-state index in [1.54, 1.807) is 0 Å². The highest BCUT2D eigenvalue weighted by Gasteiger charge is 2.36. The van der Waals surface area contributed by atoms with Crippen LogP contribution in [0.4, 0.5) is 8.78 Å². The summed E-state index contributed by atoms with van der Waals surface area (Å²) in [6.07, 6.45) is 4.26. The number of nitrogens with one attached hydrogen (secondary N) is 1. The second-order valence-corrected chi connectivity index (χ2v) is 9.83. The first-order chi connectivity index (χ1) is 15.1. The van der Waals surface area contributed by atoms with E-state index < -0.39 is 21.7 Å². The molecule has 1 aliphatic heterocycles. The molecule has 1 saturated heterocycles. The summed E-state index contributed by atoms with van der Waals surface area (Å²) in [6, 6.07) is 3.16. The van der Waals surface area contributed by atoms with Gasteiger partial charge in [0.25, 0.3) is 0 Å². The molecule has 3 rings (SSSR count). The molecule has 1 N–H and O–H groups in total. The van der Waals surface area contributed by atoms with E-state index in [1.165, 1.54) is 29.4 Å². The third kappa shape index (κ3) is 5.24. The molecule has 174 valence electrons. The Labute approximate surface area is 186 Å². The Kier molecular flexibility index (Phi) is 7.45. The first kappa shape index (κ1) is 24.1. The van der Waals surface area contributed by atoms with Gasteiger partial charge in [-0.05, 0) is 57.4 Å². The van der Waals surface area contributed by atoms with Gasteiger partial charge in [-0.1, -0.05) is 12.1 Å². The van der Waals surface area contributed by atoms with Gasteiger partial charge in [-0.15, -0.1) is 0 Å². The van der Waals surface area contributed by atoms with Gasteiger partial charge in [-0.25, -0.2) is 17.2 Å². The van der Waals surface area contributed by atoms with E-state index in [9.17, 15) is 22.0 Å². The molecule has 1 aliphatic rings. The molecule has 10 heteroatoms. The maximum absolute atomic E-state index is 13.9. The summed E-state index contributed by atoms with van der Waals surface area (Å²) in [6.45, 7) is 5.82. The maximum Gasteiger partial charge on any atom is 0.248 e. The molecule has 0 bridgehead atoms. The highest BCUT2D eigenvalue weighted by atomic mass is 32.2. The number of piperidine rings is 1. The highest BCUT2D eigenvalue weighted by Crippen LogP contribution is 2.29. The first-order valence-electron chi connectivity index (χ1n) is 10.5. The van der Waals surface area contributed by atoms with Crippen LogP contribution in [-0.4, -0.2) is 42.9 Å². The van der Waals surface area contributed by atoms with Crippen molar-refractivity contribution in [3.05, 3.63) is 46.9 Å². The maximum atomic E-state index is 13.9. The molecular weight excluding hydrogens is 440 g/mol. The molecule has 1 aromatic carbocycles. The van der Waals surface area contributed by atoms with Gasteiger partial charge in [-0.2, -0.15) is 4.31 Å². The van der Waals surface area contributed by atoms with Crippen LogP contribution in [0.25, 0.3) is 12.2 Å². The third-order valence-corrected chi connectivity index (χ3v) is 7.69. The van der Waals surface area contributed by atoms with Crippen LogP contribution in [0.3, 0.4) is 0 Å². The lowest BCUT2D eigenvalue weighted by atomic mass is 9.97. The van der Waals surface area contributed by atoms with Crippen molar-refractivity contribution in [1.29, 1.82) is 0 Å². The molecule has 0 aliphatic carbocycles. The van der Waals surface area contributed by atoms with Crippen LogP contribution in [0, 0.1) is 24.5 Å². The Balaban J connectivity index is 1.76. The second-order valence-electron chi connectivity index (χ2n) is 7.96. The Morgan fingerprint density at radius 2 is 2.00 bits per heavy atom. The van der Waals surface area contributed by atoms with E-state index in [0.29, 0.717) is 12.8 Å². The number of benzene rings is 1. The summed E-state index contributed by atoms with van der Waals surface area (Å²) in [5.41, 5.74) is 0.262.